The number of rotatable bonds is 7. The zero-order valence-corrected chi connectivity index (χ0v) is 10.3. The highest BCUT2D eigenvalue weighted by molar-refractivity contribution is 5.09. The third-order valence-electron chi connectivity index (χ3n) is 2.74. The first-order chi connectivity index (χ1) is 8.38. The van der Waals surface area contributed by atoms with Gasteiger partial charge in [-0.3, -0.25) is 0 Å². The third kappa shape index (κ3) is 3.75. The monoisotopic (exact) mass is 232 g/mol. The van der Waals surface area contributed by atoms with Crippen LogP contribution >= 0.6 is 0 Å². The number of nitrogens with one attached hydrogen (secondary N) is 1. The molecule has 0 fully saturated rings. The van der Waals surface area contributed by atoms with Crippen LogP contribution in [0, 0.1) is 0 Å². The fraction of sp³-hybridized carbons (Fsp3) is 0.462. The maximum atomic E-state index is 4.03. The van der Waals surface area contributed by atoms with Gasteiger partial charge >= 0.3 is 0 Å². The first kappa shape index (κ1) is 11.9. The predicted molar refractivity (Wildman–Crippen MR) is 68.7 cm³/mol. The molecule has 2 heterocycles. The van der Waals surface area contributed by atoms with E-state index in [1.54, 1.807) is 0 Å². The molecule has 0 spiro atoms. The summed E-state index contributed by atoms with van der Waals surface area (Å²) < 4.78 is 4.32. The summed E-state index contributed by atoms with van der Waals surface area (Å²) in [6.45, 7) is 6.19. The van der Waals surface area contributed by atoms with Gasteiger partial charge in [0.2, 0.25) is 0 Å². The van der Waals surface area contributed by atoms with Gasteiger partial charge in [-0.1, -0.05) is 6.92 Å². The molecular formula is C13H20N4. The molecule has 0 atom stereocenters. The van der Waals surface area contributed by atoms with Gasteiger partial charge in [0.15, 0.2) is 0 Å². The Morgan fingerprint density at radius 2 is 2.12 bits per heavy atom. The highest BCUT2D eigenvalue weighted by atomic mass is 15.1. The van der Waals surface area contributed by atoms with E-state index in [1.807, 2.05) is 18.7 Å². The smallest absolute Gasteiger partial charge is 0.0946 e. The van der Waals surface area contributed by atoms with Gasteiger partial charge < -0.3 is 14.5 Å². The Kier molecular flexibility index (Phi) is 4.38. The molecule has 1 N–H and O–H groups in total. The van der Waals surface area contributed by atoms with E-state index in [0.717, 1.165) is 26.2 Å². The molecule has 0 radical (unpaired) electrons. The first-order valence-electron chi connectivity index (χ1n) is 6.19. The van der Waals surface area contributed by atoms with Crippen LogP contribution in [0.25, 0.3) is 0 Å². The Morgan fingerprint density at radius 1 is 1.24 bits per heavy atom. The minimum Gasteiger partial charge on any atom is -0.352 e. The van der Waals surface area contributed by atoms with Gasteiger partial charge in [0, 0.05) is 44.4 Å². The quantitative estimate of drug-likeness (QED) is 0.740. The SMILES string of the molecule is CCCNCc1ccn(CCn2ccnc2)c1. The van der Waals surface area contributed by atoms with Crippen molar-refractivity contribution in [2.75, 3.05) is 6.54 Å². The molecule has 2 aromatic heterocycles. The van der Waals surface area contributed by atoms with Gasteiger partial charge in [0.1, 0.15) is 0 Å². The molecule has 0 saturated heterocycles. The molecule has 0 saturated carbocycles. The molecule has 17 heavy (non-hydrogen) atoms. The average Bonchev–Trinajstić information content (AvgIpc) is 2.98. The average molecular weight is 232 g/mol. The van der Waals surface area contributed by atoms with Crippen LogP contribution in [0.5, 0.6) is 0 Å². The van der Waals surface area contributed by atoms with Gasteiger partial charge in [-0.25, -0.2) is 4.98 Å². The van der Waals surface area contributed by atoms with Crippen molar-refractivity contribution in [3.8, 4) is 0 Å². The summed E-state index contributed by atoms with van der Waals surface area (Å²) in [5.74, 6) is 0. The van der Waals surface area contributed by atoms with E-state index in [0.29, 0.717) is 0 Å². The maximum Gasteiger partial charge on any atom is 0.0946 e. The van der Waals surface area contributed by atoms with Crippen molar-refractivity contribution in [1.29, 1.82) is 0 Å². The summed E-state index contributed by atoms with van der Waals surface area (Å²) in [6.07, 6.45) is 11.2. The molecule has 0 bridgehead atoms. The number of aryl methyl sites for hydroxylation is 2. The molecule has 0 aliphatic carbocycles. The minimum atomic E-state index is 0.964. The van der Waals surface area contributed by atoms with E-state index in [1.165, 1.54) is 12.0 Å². The van der Waals surface area contributed by atoms with Crippen molar-refractivity contribution in [3.63, 3.8) is 0 Å². The molecule has 4 heteroatoms. The van der Waals surface area contributed by atoms with Gasteiger partial charge in [0.25, 0.3) is 0 Å². The summed E-state index contributed by atoms with van der Waals surface area (Å²) in [6, 6.07) is 2.18. The molecule has 0 unspecified atom stereocenters. The number of hydrogen-bond acceptors (Lipinski definition) is 2. The minimum absolute atomic E-state index is 0.964. The third-order valence-corrected chi connectivity index (χ3v) is 2.74. The molecule has 0 aliphatic heterocycles. The Morgan fingerprint density at radius 3 is 2.88 bits per heavy atom. The van der Waals surface area contributed by atoms with Crippen molar-refractivity contribution >= 4 is 0 Å². The lowest BCUT2D eigenvalue weighted by Crippen LogP contribution is -2.13. The molecule has 2 aromatic rings. The van der Waals surface area contributed by atoms with Crippen molar-refractivity contribution in [2.45, 2.75) is 33.0 Å². The summed E-state index contributed by atoms with van der Waals surface area (Å²) >= 11 is 0. The maximum absolute atomic E-state index is 4.03. The largest absolute Gasteiger partial charge is 0.352 e. The molecule has 0 aromatic carbocycles. The van der Waals surface area contributed by atoms with Crippen LogP contribution in [0.4, 0.5) is 0 Å². The van der Waals surface area contributed by atoms with Crippen LogP contribution in [0.2, 0.25) is 0 Å². The van der Waals surface area contributed by atoms with Crippen molar-refractivity contribution < 1.29 is 0 Å². The van der Waals surface area contributed by atoms with E-state index in [2.05, 4.69) is 44.8 Å². The second-order valence-corrected chi connectivity index (χ2v) is 4.23. The van der Waals surface area contributed by atoms with Gasteiger partial charge in [-0.15, -0.1) is 0 Å². The van der Waals surface area contributed by atoms with Crippen LogP contribution in [-0.2, 0) is 19.6 Å². The lowest BCUT2D eigenvalue weighted by Gasteiger charge is -2.03. The molecule has 0 amide bonds. The fourth-order valence-electron chi connectivity index (χ4n) is 1.79. The van der Waals surface area contributed by atoms with E-state index in [9.17, 15) is 0 Å². The summed E-state index contributed by atoms with van der Waals surface area (Å²) in [5.41, 5.74) is 1.35. The predicted octanol–water partition coefficient (Wildman–Crippen LogP) is 1.88. The highest BCUT2D eigenvalue weighted by Crippen LogP contribution is 2.01. The van der Waals surface area contributed by atoms with Crippen LogP contribution in [0.1, 0.15) is 18.9 Å². The summed E-state index contributed by atoms with van der Waals surface area (Å²) in [7, 11) is 0. The van der Waals surface area contributed by atoms with Crippen LogP contribution in [-0.4, -0.2) is 20.7 Å². The molecule has 92 valence electrons. The summed E-state index contributed by atoms with van der Waals surface area (Å²) in [4.78, 5) is 4.03. The van der Waals surface area contributed by atoms with Gasteiger partial charge in [0.05, 0.1) is 6.33 Å². The molecule has 0 aliphatic rings. The van der Waals surface area contributed by atoms with Crippen molar-refractivity contribution in [1.82, 2.24) is 19.4 Å². The number of aromatic nitrogens is 3. The second kappa shape index (κ2) is 6.25. The van der Waals surface area contributed by atoms with E-state index in [-0.39, 0.29) is 0 Å². The van der Waals surface area contributed by atoms with Crippen molar-refractivity contribution in [2.24, 2.45) is 0 Å². The van der Waals surface area contributed by atoms with E-state index in [4.69, 9.17) is 0 Å². The zero-order chi connectivity index (χ0) is 11.9. The lowest BCUT2D eigenvalue weighted by molar-refractivity contribution is 0.578. The lowest BCUT2D eigenvalue weighted by atomic mass is 10.3. The van der Waals surface area contributed by atoms with Crippen LogP contribution in [0.15, 0.2) is 37.2 Å². The van der Waals surface area contributed by atoms with Gasteiger partial charge in [-0.05, 0) is 24.6 Å². The topological polar surface area (TPSA) is 34.8 Å². The Labute approximate surface area is 102 Å². The van der Waals surface area contributed by atoms with Crippen LogP contribution < -0.4 is 5.32 Å². The number of nitrogens with zero attached hydrogens (tertiary/aromatic N) is 3. The van der Waals surface area contributed by atoms with Crippen molar-refractivity contribution in [3.05, 3.63) is 42.7 Å². The number of imidazole rings is 1. The Balaban J connectivity index is 1.77. The van der Waals surface area contributed by atoms with E-state index < -0.39 is 0 Å². The Hall–Kier alpha value is -1.55. The number of hydrogen-bond donors (Lipinski definition) is 1. The van der Waals surface area contributed by atoms with E-state index >= 15 is 0 Å². The standard InChI is InChI=1S/C13H20N4/c1-2-4-14-10-13-3-6-16(11-13)8-9-17-7-5-15-12-17/h3,5-7,11-12,14H,2,4,8-10H2,1H3. The highest BCUT2D eigenvalue weighted by Gasteiger charge is 1.97. The van der Waals surface area contributed by atoms with Gasteiger partial charge in [-0.2, -0.15) is 0 Å². The Bertz CT molecular complexity index is 416. The normalized spacial score (nSPS) is 10.9. The summed E-state index contributed by atoms with van der Waals surface area (Å²) in [5, 5.41) is 3.41. The van der Waals surface area contributed by atoms with Crippen LogP contribution in [0.3, 0.4) is 0 Å². The molecular weight excluding hydrogens is 212 g/mol. The molecule has 2 rings (SSSR count). The zero-order valence-electron chi connectivity index (χ0n) is 10.3. The fourth-order valence-corrected chi connectivity index (χ4v) is 1.79. The first-order valence-corrected chi connectivity index (χ1v) is 6.19. The second-order valence-electron chi connectivity index (χ2n) is 4.23. The molecule has 4 nitrogen and oxygen atoms in total.